The maximum atomic E-state index is 12.5. The van der Waals surface area contributed by atoms with Crippen LogP contribution in [0.1, 0.15) is 21.2 Å². The lowest BCUT2D eigenvalue weighted by molar-refractivity contribution is 0.0628. The highest BCUT2D eigenvalue weighted by molar-refractivity contribution is 7.17. The Morgan fingerprint density at radius 3 is 2.64 bits per heavy atom. The summed E-state index contributed by atoms with van der Waals surface area (Å²) in [4.78, 5) is 25.9. The van der Waals surface area contributed by atoms with E-state index in [-0.39, 0.29) is 5.91 Å². The van der Waals surface area contributed by atoms with Crippen molar-refractivity contribution >= 4 is 22.4 Å². The van der Waals surface area contributed by atoms with Gasteiger partial charge in [-0.05, 0) is 6.92 Å². The molecule has 118 valence electrons. The smallest absolute Gasteiger partial charge is 0.266 e. The number of hydrogen-bond donors (Lipinski definition) is 1. The van der Waals surface area contributed by atoms with E-state index >= 15 is 0 Å². The molecule has 1 aliphatic rings. The minimum Gasteiger partial charge on any atom is -0.375 e. The molecule has 22 heavy (non-hydrogen) atoms. The summed E-state index contributed by atoms with van der Waals surface area (Å²) in [6.07, 6.45) is 3.76. The van der Waals surface area contributed by atoms with Gasteiger partial charge in [0, 0.05) is 45.6 Å². The molecule has 8 heteroatoms. The predicted octanol–water partition coefficient (Wildman–Crippen LogP) is 0.725. The molecule has 0 bridgehead atoms. The van der Waals surface area contributed by atoms with E-state index in [0.717, 1.165) is 44.2 Å². The minimum absolute atomic E-state index is 0.0448. The quantitative estimate of drug-likeness (QED) is 0.901. The Kier molecular flexibility index (Phi) is 4.12. The van der Waals surface area contributed by atoms with Crippen molar-refractivity contribution in [2.45, 2.75) is 13.5 Å². The lowest BCUT2D eigenvalue weighted by atomic mass is 10.2. The van der Waals surface area contributed by atoms with E-state index < -0.39 is 0 Å². The SMILES string of the molecule is Cc1nc(N)sc1C(=O)N1CCN(Cc2nccn2C)CC1. The molecular weight excluding hydrogens is 300 g/mol. The van der Waals surface area contributed by atoms with Crippen molar-refractivity contribution < 1.29 is 4.79 Å². The molecule has 0 radical (unpaired) electrons. The van der Waals surface area contributed by atoms with Gasteiger partial charge in [-0.25, -0.2) is 9.97 Å². The van der Waals surface area contributed by atoms with Crippen molar-refractivity contribution in [2.24, 2.45) is 7.05 Å². The van der Waals surface area contributed by atoms with Crippen molar-refractivity contribution in [3.8, 4) is 0 Å². The lowest BCUT2D eigenvalue weighted by Crippen LogP contribution is -2.48. The Bertz CT molecular complexity index is 671. The number of nitrogens with two attached hydrogens (primary N) is 1. The van der Waals surface area contributed by atoms with Crippen molar-refractivity contribution in [1.29, 1.82) is 0 Å². The average molecular weight is 320 g/mol. The van der Waals surface area contributed by atoms with Crippen LogP contribution in [0.5, 0.6) is 0 Å². The summed E-state index contributed by atoms with van der Waals surface area (Å²) >= 11 is 1.27. The van der Waals surface area contributed by atoms with Crippen molar-refractivity contribution in [1.82, 2.24) is 24.3 Å². The molecule has 1 fully saturated rings. The highest BCUT2D eigenvalue weighted by Gasteiger charge is 2.25. The van der Waals surface area contributed by atoms with Crippen LogP contribution < -0.4 is 5.73 Å². The second-order valence-corrected chi connectivity index (χ2v) is 6.52. The second-order valence-electron chi connectivity index (χ2n) is 5.49. The zero-order valence-electron chi connectivity index (χ0n) is 12.8. The van der Waals surface area contributed by atoms with E-state index in [9.17, 15) is 4.79 Å². The first-order valence-corrected chi connectivity index (χ1v) is 8.07. The highest BCUT2D eigenvalue weighted by Crippen LogP contribution is 2.22. The molecule has 1 amide bonds. The summed E-state index contributed by atoms with van der Waals surface area (Å²) in [5.74, 6) is 1.09. The standard InChI is InChI=1S/C14H20N6OS/c1-10-12(22-14(15)17-10)13(21)20-7-5-19(6-8-20)9-11-16-3-4-18(11)2/h3-4H,5-9H2,1-2H3,(H2,15,17). The molecular formula is C14H20N6OS. The van der Waals surface area contributed by atoms with E-state index in [4.69, 9.17) is 5.73 Å². The number of piperazine rings is 1. The fourth-order valence-corrected chi connectivity index (χ4v) is 3.42. The molecule has 2 aromatic heterocycles. The van der Waals surface area contributed by atoms with Gasteiger partial charge in [0.25, 0.3) is 5.91 Å². The molecule has 3 heterocycles. The monoisotopic (exact) mass is 320 g/mol. The number of amides is 1. The Labute approximate surface area is 133 Å². The molecule has 7 nitrogen and oxygen atoms in total. The van der Waals surface area contributed by atoms with Crippen LogP contribution in [0.25, 0.3) is 0 Å². The van der Waals surface area contributed by atoms with Crippen molar-refractivity contribution in [3.05, 3.63) is 28.8 Å². The molecule has 0 saturated carbocycles. The molecule has 3 rings (SSSR count). The summed E-state index contributed by atoms with van der Waals surface area (Å²) in [5.41, 5.74) is 6.40. The topological polar surface area (TPSA) is 80.3 Å². The van der Waals surface area contributed by atoms with Gasteiger partial charge in [0.05, 0.1) is 12.2 Å². The predicted molar refractivity (Wildman–Crippen MR) is 85.7 cm³/mol. The third kappa shape index (κ3) is 2.97. The minimum atomic E-state index is 0.0448. The van der Waals surface area contributed by atoms with E-state index in [1.807, 2.05) is 35.8 Å². The third-order valence-electron chi connectivity index (χ3n) is 3.95. The summed E-state index contributed by atoms with van der Waals surface area (Å²) in [6.45, 7) is 5.80. The van der Waals surface area contributed by atoms with Gasteiger partial charge in [0.1, 0.15) is 10.7 Å². The Balaban J connectivity index is 1.58. The van der Waals surface area contributed by atoms with E-state index in [0.29, 0.717) is 10.0 Å². The number of carbonyl (C=O) groups is 1. The molecule has 1 aliphatic heterocycles. The molecule has 0 unspecified atom stereocenters. The van der Waals surface area contributed by atoms with Crippen LogP contribution in [-0.4, -0.2) is 56.4 Å². The fourth-order valence-electron chi connectivity index (χ4n) is 2.62. The Morgan fingerprint density at radius 2 is 2.09 bits per heavy atom. The molecule has 2 N–H and O–H groups in total. The molecule has 0 atom stereocenters. The number of anilines is 1. The largest absolute Gasteiger partial charge is 0.375 e. The van der Waals surface area contributed by atoms with Crippen LogP contribution in [-0.2, 0) is 13.6 Å². The van der Waals surface area contributed by atoms with Crippen LogP contribution in [0.2, 0.25) is 0 Å². The van der Waals surface area contributed by atoms with Gasteiger partial charge < -0.3 is 15.2 Å². The number of thiazole rings is 1. The normalized spacial score (nSPS) is 16.2. The number of rotatable bonds is 3. The van der Waals surface area contributed by atoms with Gasteiger partial charge in [0.2, 0.25) is 0 Å². The summed E-state index contributed by atoms with van der Waals surface area (Å²) in [6, 6.07) is 0. The average Bonchev–Trinajstić information content (AvgIpc) is 3.05. The molecule has 0 spiro atoms. The first-order chi connectivity index (χ1) is 10.5. The van der Waals surface area contributed by atoms with Gasteiger partial charge in [-0.1, -0.05) is 11.3 Å². The first kappa shape index (κ1) is 15.0. The number of aryl methyl sites for hydroxylation is 2. The maximum Gasteiger partial charge on any atom is 0.266 e. The van der Waals surface area contributed by atoms with Crippen molar-refractivity contribution in [2.75, 3.05) is 31.9 Å². The van der Waals surface area contributed by atoms with Crippen LogP contribution in [0.4, 0.5) is 5.13 Å². The van der Waals surface area contributed by atoms with Crippen LogP contribution in [0.15, 0.2) is 12.4 Å². The van der Waals surface area contributed by atoms with Gasteiger partial charge in [-0.15, -0.1) is 0 Å². The number of aromatic nitrogens is 3. The van der Waals surface area contributed by atoms with Gasteiger partial charge >= 0.3 is 0 Å². The van der Waals surface area contributed by atoms with Gasteiger partial charge in [0.15, 0.2) is 5.13 Å². The Morgan fingerprint density at radius 1 is 1.36 bits per heavy atom. The van der Waals surface area contributed by atoms with Crippen LogP contribution >= 0.6 is 11.3 Å². The number of hydrogen-bond acceptors (Lipinski definition) is 6. The van der Waals surface area contributed by atoms with Gasteiger partial charge in [-0.3, -0.25) is 9.69 Å². The molecule has 1 saturated heterocycles. The third-order valence-corrected chi connectivity index (χ3v) is 4.93. The van der Waals surface area contributed by atoms with E-state index in [1.165, 1.54) is 11.3 Å². The van der Waals surface area contributed by atoms with Crippen molar-refractivity contribution in [3.63, 3.8) is 0 Å². The molecule has 2 aromatic rings. The summed E-state index contributed by atoms with van der Waals surface area (Å²) < 4.78 is 2.03. The second kappa shape index (κ2) is 6.05. The molecule has 0 aromatic carbocycles. The number of nitrogens with zero attached hydrogens (tertiary/aromatic N) is 5. The zero-order valence-corrected chi connectivity index (χ0v) is 13.6. The van der Waals surface area contributed by atoms with Crippen LogP contribution in [0, 0.1) is 6.92 Å². The first-order valence-electron chi connectivity index (χ1n) is 7.25. The summed E-state index contributed by atoms with van der Waals surface area (Å²) in [5, 5.41) is 0.453. The zero-order chi connectivity index (χ0) is 15.7. The maximum absolute atomic E-state index is 12.5. The Hall–Kier alpha value is -1.93. The number of imidazole rings is 1. The van der Waals surface area contributed by atoms with Gasteiger partial charge in [-0.2, -0.15) is 0 Å². The summed E-state index contributed by atoms with van der Waals surface area (Å²) in [7, 11) is 2.00. The molecule has 0 aliphatic carbocycles. The highest BCUT2D eigenvalue weighted by atomic mass is 32.1. The van der Waals surface area contributed by atoms with Crippen LogP contribution in [0.3, 0.4) is 0 Å². The number of carbonyl (C=O) groups excluding carboxylic acids is 1. The number of nitrogen functional groups attached to an aromatic ring is 1. The lowest BCUT2D eigenvalue weighted by Gasteiger charge is -2.34. The van der Waals surface area contributed by atoms with E-state index in [2.05, 4.69) is 14.9 Å². The fraction of sp³-hybridized carbons (Fsp3) is 0.500. The van der Waals surface area contributed by atoms with E-state index in [1.54, 1.807) is 0 Å².